The SMILES string of the molecule is CC1CCCC(CC(=O)NCC2(N3CCSCC3)CCCC2)C1. The summed E-state index contributed by atoms with van der Waals surface area (Å²) in [5, 5.41) is 3.34. The first-order chi connectivity index (χ1) is 11.2. The molecule has 3 aliphatic rings. The van der Waals surface area contributed by atoms with Gasteiger partial charge in [0, 0.05) is 43.1 Å². The number of hydrogen-bond acceptors (Lipinski definition) is 3. The van der Waals surface area contributed by atoms with Crippen molar-refractivity contribution in [2.75, 3.05) is 31.1 Å². The number of rotatable bonds is 5. The first-order valence-electron chi connectivity index (χ1n) is 9.77. The van der Waals surface area contributed by atoms with Crippen molar-refractivity contribution in [2.24, 2.45) is 11.8 Å². The summed E-state index contributed by atoms with van der Waals surface area (Å²) in [6.45, 7) is 5.64. The lowest BCUT2D eigenvalue weighted by molar-refractivity contribution is -0.123. The van der Waals surface area contributed by atoms with Crippen molar-refractivity contribution in [3.63, 3.8) is 0 Å². The molecule has 132 valence electrons. The van der Waals surface area contributed by atoms with Crippen LogP contribution < -0.4 is 5.32 Å². The minimum absolute atomic E-state index is 0.274. The van der Waals surface area contributed by atoms with Crippen LogP contribution in [-0.4, -0.2) is 47.5 Å². The van der Waals surface area contributed by atoms with E-state index >= 15 is 0 Å². The maximum Gasteiger partial charge on any atom is 0.220 e. The molecule has 1 amide bonds. The number of nitrogens with one attached hydrogen (secondary N) is 1. The van der Waals surface area contributed by atoms with Gasteiger partial charge in [-0.3, -0.25) is 9.69 Å². The van der Waals surface area contributed by atoms with Gasteiger partial charge >= 0.3 is 0 Å². The summed E-state index contributed by atoms with van der Waals surface area (Å²) in [6.07, 6.45) is 11.2. The molecule has 1 saturated heterocycles. The summed E-state index contributed by atoms with van der Waals surface area (Å²) in [7, 11) is 0. The molecule has 0 bridgehead atoms. The Morgan fingerprint density at radius 3 is 2.61 bits per heavy atom. The molecule has 2 saturated carbocycles. The van der Waals surface area contributed by atoms with Crippen LogP contribution in [0, 0.1) is 11.8 Å². The van der Waals surface area contributed by atoms with Gasteiger partial charge in [-0.15, -0.1) is 0 Å². The van der Waals surface area contributed by atoms with E-state index in [-0.39, 0.29) is 5.54 Å². The highest BCUT2D eigenvalue weighted by atomic mass is 32.2. The summed E-state index contributed by atoms with van der Waals surface area (Å²) in [6, 6.07) is 0. The highest BCUT2D eigenvalue weighted by Gasteiger charge is 2.40. The van der Waals surface area contributed by atoms with E-state index < -0.39 is 0 Å². The smallest absolute Gasteiger partial charge is 0.220 e. The third kappa shape index (κ3) is 4.66. The van der Waals surface area contributed by atoms with Gasteiger partial charge in [0.25, 0.3) is 0 Å². The van der Waals surface area contributed by atoms with Gasteiger partial charge in [-0.05, 0) is 37.5 Å². The number of amides is 1. The zero-order chi connectivity index (χ0) is 16.1. The Labute approximate surface area is 146 Å². The molecule has 1 heterocycles. The number of nitrogens with zero attached hydrogens (tertiary/aromatic N) is 1. The van der Waals surface area contributed by atoms with Crippen LogP contribution in [0.25, 0.3) is 0 Å². The van der Waals surface area contributed by atoms with Gasteiger partial charge in [-0.1, -0.05) is 32.6 Å². The van der Waals surface area contributed by atoms with Gasteiger partial charge in [0.05, 0.1) is 0 Å². The molecule has 0 spiro atoms. The molecular formula is C19H34N2OS. The summed E-state index contributed by atoms with van der Waals surface area (Å²) in [5.41, 5.74) is 0.274. The van der Waals surface area contributed by atoms with Crippen LogP contribution in [0.5, 0.6) is 0 Å². The average molecular weight is 339 g/mol. The molecular weight excluding hydrogens is 304 g/mol. The predicted octanol–water partition coefficient (Wildman–Crippen LogP) is 3.68. The lowest BCUT2D eigenvalue weighted by Crippen LogP contribution is -2.56. The van der Waals surface area contributed by atoms with E-state index in [1.54, 1.807) is 0 Å². The van der Waals surface area contributed by atoms with Crippen molar-refractivity contribution >= 4 is 17.7 Å². The quantitative estimate of drug-likeness (QED) is 0.830. The average Bonchev–Trinajstić information content (AvgIpc) is 3.04. The summed E-state index contributed by atoms with van der Waals surface area (Å²) >= 11 is 2.07. The lowest BCUT2D eigenvalue weighted by atomic mass is 9.80. The van der Waals surface area contributed by atoms with Crippen LogP contribution in [0.1, 0.15) is 64.7 Å². The maximum atomic E-state index is 12.5. The largest absolute Gasteiger partial charge is 0.354 e. The minimum atomic E-state index is 0.274. The van der Waals surface area contributed by atoms with E-state index in [4.69, 9.17) is 0 Å². The second kappa shape index (κ2) is 8.24. The van der Waals surface area contributed by atoms with Crippen LogP contribution in [0.2, 0.25) is 0 Å². The monoisotopic (exact) mass is 338 g/mol. The molecule has 0 aromatic heterocycles. The fraction of sp³-hybridized carbons (Fsp3) is 0.947. The second-order valence-corrected chi connectivity index (χ2v) is 9.37. The van der Waals surface area contributed by atoms with E-state index in [1.807, 2.05) is 0 Å². The van der Waals surface area contributed by atoms with Gasteiger partial charge in [-0.25, -0.2) is 0 Å². The molecule has 2 aliphatic carbocycles. The van der Waals surface area contributed by atoms with Crippen LogP contribution in [-0.2, 0) is 4.79 Å². The van der Waals surface area contributed by atoms with Crippen molar-refractivity contribution in [2.45, 2.75) is 70.3 Å². The summed E-state index contributed by atoms with van der Waals surface area (Å²) < 4.78 is 0. The minimum Gasteiger partial charge on any atom is -0.354 e. The molecule has 1 N–H and O–H groups in total. The Morgan fingerprint density at radius 2 is 1.91 bits per heavy atom. The molecule has 2 unspecified atom stereocenters. The number of carbonyl (C=O) groups excluding carboxylic acids is 1. The standard InChI is InChI=1S/C19H34N2OS/c1-16-5-4-6-17(13-16)14-18(22)20-15-19(7-2-3-8-19)21-9-11-23-12-10-21/h16-17H,2-15H2,1H3,(H,20,22). The van der Waals surface area contributed by atoms with Crippen LogP contribution in [0.15, 0.2) is 0 Å². The van der Waals surface area contributed by atoms with Crippen molar-refractivity contribution in [3.8, 4) is 0 Å². The van der Waals surface area contributed by atoms with Gasteiger partial charge in [0.2, 0.25) is 5.91 Å². The molecule has 2 atom stereocenters. The van der Waals surface area contributed by atoms with Crippen molar-refractivity contribution in [1.29, 1.82) is 0 Å². The van der Waals surface area contributed by atoms with Crippen molar-refractivity contribution < 1.29 is 4.79 Å². The van der Waals surface area contributed by atoms with E-state index in [0.717, 1.165) is 18.9 Å². The number of hydrogen-bond donors (Lipinski definition) is 1. The summed E-state index contributed by atoms with van der Waals surface area (Å²) in [5.74, 6) is 4.27. The van der Waals surface area contributed by atoms with Crippen LogP contribution >= 0.6 is 11.8 Å². The fourth-order valence-electron chi connectivity index (χ4n) is 5.02. The van der Waals surface area contributed by atoms with E-state index in [1.165, 1.54) is 76.0 Å². The van der Waals surface area contributed by atoms with Crippen LogP contribution in [0.4, 0.5) is 0 Å². The molecule has 0 aromatic rings. The predicted molar refractivity (Wildman–Crippen MR) is 98.8 cm³/mol. The first kappa shape index (κ1) is 17.6. The highest BCUT2D eigenvalue weighted by Crippen LogP contribution is 2.36. The van der Waals surface area contributed by atoms with Gasteiger partial charge in [-0.2, -0.15) is 11.8 Å². The van der Waals surface area contributed by atoms with Gasteiger partial charge in [0.15, 0.2) is 0 Å². The maximum absolute atomic E-state index is 12.5. The van der Waals surface area contributed by atoms with Gasteiger partial charge < -0.3 is 5.32 Å². The Balaban J connectivity index is 1.49. The molecule has 0 aromatic carbocycles. The topological polar surface area (TPSA) is 32.3 Å². The van der Waals surface area contributed by atoms with Crippen molar-refractivity contribution in [1.82, 2.24) is 10.2 Å². The zero-order valence-electron chi connectivity index (χ0n) is 14.8. The van der Waals surface area contributed by atoms with E-state index in [2.05, 4.69) is 28.9 Å². The van der Waals surface area contributed by atoms with Gasteiger partial charge in [0.1, 0.15) is 0 Å². The van der Waals surface area contributed by atoms with Crippen molar-refractivity contribution in [3.05, 3.63) is 0 Å². The molecule has 23 heavy (non-hydrogen) atoms. The Hall–Kier alpha value is -0.220. The highest BCUT2D eigenvalue weighted by molar-refractivity contribution is 7.99. The number of thioether (sulfide) groups is 1. The third-order valence-corrected chi connectivity index (χ3v) is 7.29. The zero-order valence-corrected chi connectivity index (χ0v) is 15.6. The molecule has 1 aliphatic heterocycles. The van der Waals surface area contributed by atoms with Crippen LogP contribution in [0.3, 0.4) is 0 Å². The lowest BCUT2D eigenvalue weighted by Gasteiger charge is -2.43. The van der Waals surface area contributed by atoms with E-state index in [0.29, 0.717) is 11.8 Å². The normalized spacial score (nSPS) is 31.9. The summed E-state index contributed by atoms with van der Waals surface area (Å²) in [4.78, 5) is 15.2. The molecule has 3 fully saturated rings. The fourth-order valence-corrected chi connectivity index (χ4v) is 5.92. The Kier molecular flexibility index (Phi) is 6.31. The molecule has 3 nitrogen and oxygen atoms in total. The van der Waals surface area contributed by atoms with E-state index in [9.17, 15) is 4.79 Å². The second-order valence-electron chi connectivity index (χ2n) is 8.15. The molecule has 4 heteroatoms. The first-order valence-corrected chi connectivity index (χ1v) is 10.9. The Bertz CT molecular complexity index is 389. The number of carbonyl (C=O) groups is 1. The molecule has 0 radical (unpaired) electrons. The molecule has 3 rings (SSSR count). The Morgan fingerprint density at radius 1 is 1.17 bits per heavy atom. The third-order valence-electron chi connectivity index (χ3n) is 6.35.